The molecule has 1 aromatic rings. The van der Waals surface area contributed by atoms with Gasteiger partial charge in [0.05, 0.1) is 6.61 Å². The zero-order chi connectivity index (χ0) is 12.7. The fourth-order valence-corrected chi connectivity index (χ4v) is 1.41. The summed E-state index contributed by atoms with van der Waals surface area (Å²) in [5.41, 5.74) is 0. The molecule has 94 valence electrons. The van der Waals surface area contributed by atoms with Crippen molar-refractivity contribution in [3.05, 3.63) is 28.5 Å². The highest BCUT2D eigenvalue weighted by atomic mass is 79.9. The van der Waals surface area contributed by atoms with Crippen LogP contribution in [0.3, 0.4) is 0 Å². The third kappa shape index (κ3) is 5.14. The SMILES string of the molecule is COCCNC(=O)COc1cc(Br)ccc1F. The molecule has 0 aromatic heterocycles. The van der Waals surface area contributed by atoms with E-state index in [1.54, 1.807) is 13.2 Å². The molecule has 0 atom stereocenters. The van der Waals surface area contributed by atoms with Gasteiger partial charge in [-0.1, -0.05) is 15.9 Å². The summed E-state index contributed by atoms with van der Waals surface area (Å²) in [6.07, 6.45) is 0. The molecule has 17 heavy (non-hydrogen) atoms. The Morgan fingerprint density at radius 1 is 1.53 bits per heavy atom. The molecular weight excluding hydrogens is 293 g/mol. The van der Waals surface area contributed by atoms with Gasteiger partial charge in [-0.05, 0) is 18.2 Å². The van der Waals surface area contributed by atoms with Gasteiger partial charge in [-0.3, -0.25) is 4.79 Å². The number of benzene rings is 1. The van der Waals surface area contributed by atoms with Crippen molar-refractivity contribution < 1.29 is 18.7 Å². The Hall–Kier alpha value is -1.14. The van der Waals surface area contributed by atoms with Gasteiger partial charge in [-0.15, -0.1) is 0 Å². The van der Waals surface area contributed by atoms with Crippen LogP contribution >= 0.6 is 15.9 Å². The first-order valence-electron chi connectivity index (χ1n) is 4.97. The Bertz CT molecular complexity index is 387. The molecule has 0 unspecified atom stereocenters. The second-order valence-corrected chi connectivity index (χ2v) is 4.12. The second-order valence-electron chi connectivity index (χ2n) is 3.21. The van der Waals surface area contributed by atoms with Gasteiger partial charge < -0.3 is 14.8 Å². The molecule has 1 N–H and O–H groups in total. The fourth-order valence-electron chi connectivity index (χ4n) is 1.07. The van der Waals surface area contributed by atoms with E-state index in [1.165, 1.54) is 12.1 Å². The van der Waals surface area contributed by atoms with E-state index < -0.39 is 5.82 Å². The van der Waals surface area contributed by atoms with Crippen LogP contribution in [0.1, 0.15) is 0 Å². The lowest BCUT2D eigenvalue weighted by atomic mass is 10.3. The summed E-state index contributed by atoms with van der Waals surface area (Å²) in [6, 6.07) is 4.29. The van der Waals surface area contributed by atoms with Crippen molar-refractivity contribution in [3.8, 4) is 5.75 Å². The molecule has 0 saturated carbocycles. The van der Waals surface area contributed by atoms with Crippen LogP contribution in [-0.4, -0.2) is 32.8 Å². The quantitative estimate of drug-likeness (QED) is 0.814. The van der Waals surface area contributed by atoms with Gasteiger partial charge in [-0.25, -0.2) is 4.39 Å². The number of carbonyl (C=O) groups excluding carboxylic acids is 1. The summed E-state index contributed by atoms with van der Waals surface area (Å²) < 4.78 is 23.7. The van der Waals surface area contributed by atoms with Crippen LogP contribution in [0.15, 0.2) is 22.7 Å². The predicted molar refractivity (Wildman–Crippen MR) is 64.5 cm³/mol. The van der Waals surface area contributed by atoms with Crippen LogP contribution in [0.2, 0.25) is 0 Å². The minimum atomic E-state index is -0.502. The number of carbonyl (C=O) groups is 1. The van der Waals surface area contributed by atoms with Gasteiger partial charge in [0.25, 0.3) is 5.91 Å². The van der Waals surface area contributed by atoms with Crippen molar-refractivity contribution in [2.45, 2.75) is 0 Å². The van der Waals surface area contributed by atoms with E-state index >= 15 is 0 Å². The van der Waals surface area contributed by atoms with Crippen LogP contribution in [0.4, 0.5) is 4.39 Å². The van der Waals surface area contributed by atoms with Gasteiger partial charge in [-0.2, -0.15) is 0 Å². The highest BCUT2D eigenvalue weighted by molar-refractivity contribution is 9.10. The van der Waals surface area contributed by atoms with Crippen LogP contribution in [0.25, 0.3) is 0 Å². The predicted octanol–water partition coefficient (Wildman–Crippen LogP) is 1.73. The maximum Gasteiger partial charge on any atom is 0.258 e. The standard InChI is InChI=1S/C11H13BrFNO3/c1-16-5-4-14-11(15)7-17-10-6-8(12)2-3-9(10)13/h2-3,6H,4-5,7H2,1H3,(H,14,15). The minimum absolute atomic E-state index is 0.0428. The van der Waals surface area contributed by atoms with E-state index in [9.17, 15) is 9.18 Å². The van der Waals surface area contributed by atoms with Crippen molar-refractivity contribution in [1.82, 2.24) is 5.32 Å². The van der Waals surface area contributed by atoms with E-state index in [4.69, 9.17) is 9.47 Å². The summed E-state index contributed by atoms with van der Waals surface area (Å²) in [5, 5.41) is 2.56. The minimum Gasteiger partial charge on any atom is -0.481 e. The molecule has 0 heterocycles. The Kier molecular flexibility index (Phi) is 5.93. The molecule has 0 fully saturated rings. The first-order valence-corrected chi connectivity index (χ1v) is 5.76. The monoisotopic (exact) mass is 305 g/mol. The second kappa shape index (κ2) is 7.24. The highest BCUT2D eigenvalue weighted by Crippen LogP contribution is 2.21. The summed E-state index contributed by atoms with van der Waals surface area (Å²) >= 11 is 3.19. The van der Waals surface area contributed by atoms with Crippen molar-refractivity contribution in [3.63, 3.8) is 0 Å². The number of amides is 1. The number of ether oxygens (including phenoxy) is 2. The maximum absolute atomic E-state index is 13.2. The average Bonchev–Trinajstić information content (AvgIpc) is 2.31. The van der Waals surface area contributed by atoms with Crippen molar-refractivity contribution in [1.29, 1.82) is 0 Å². The molecule has 0 aliphatic rings. The smallest absolute Gasteiger partial charge is 0.258 e. The Morgan fingerprint density at radius 2 is 2.29 bits per heavy atom. The molecule has 6 heteroatoms. The largest absolute Gasteiger partial charge is 0.481 e. The molecule has 0 bridgehead atoms. The van der Waals surface area contributed by atoms with E-state index in [2.05, 4.69) is 21.2 Å². The maximum atomic E-state index is 13.2. The van der Waals surface area contributed by atoms with E-state index in [0.29, 0.717) is 17.6 Å². The van der Waals surface area contributed by atoms with E-state index in [0.717, 1.165) is 0 Å². The van der Waals surface area contributed by atoms with Gasteiger partial charge in [0, 0.05) is 18.1 Å². The molecule has 0 radical (unpaired) electrons. The number of halogens is 2. The molecule has 0 spiro atoms. The molecule has 4 nitrogen and oxygen atoms in total. The lowest BCUT2D eigenvalue weighted by Gasteiger charge is -2.08. The molecule has 1 aromatic carbocycles. The van der Waals surface area contributed by atoms with Gasteiger partial charge in [0.1, 0.15) is 0 Å². The zero-order valence-electron chi connectivity index (χ0n) is 9.33. The van der Waals surface area contributed by atoms with Crippen molar-refractivity contribution in [2.75, 3.05) is 26.9 Å². The molecule has 0 aliphatic carbocycles. The highest BCUT2D eigenvalue weighted by Gasteiger charge is 2.07. The van der Waals surface area contributed by atoms with Gasteiger partial charge in [0.15, 0.2) is 18.2 Å². The summed E-state index contributed by atoms with van der Waals surface area (Å²) in [7, 11) is 1.54. The Labute approximate surface area is 107 Å². The lowest BCUT2D eigenvalue weighted by Crippen LogP contribution is -2.31. The lowest BCUT2D eigenvalue weighted by molar-refractivity contribution is -0.123. The Balaban J connectivity index is 2.39. The molecule has 0 aliphatic heterocycles. The summed E-state index contributed by atoms with van der Waals surface area (Å²) in [4.78, 5) is 11.3. The zero-order valence-corrected chi connectivity index (χ0v) is 10.9. The molecule has 0 saturated heterocycles. The number of rotatable bonds is 6. The van der Waals surface area contributed by atoms with Crippen LogP contribution < -0.4 is 10.1 Å². The number of hydrogen-bond acceptors (Lipinski definition) is 3. The van der Waals surface area contributed by atoms with Crippen LogP contribution in [-0.2, 0) is 9.53 Å². The van der Waals surface area contributed by atoms with Crippen LogP contribution in [0.5, 0.6) is 5.75 Å². The third-order valence-corrected chi connectivity index (χ3v) is 2.37. The molecule has 1 amide bonds. The normalized spacial score (nSPS) is 10.1. The van der Waals surface area contributed by atoms with Gasteiger partial charge >= 0.3 is 0 Å². The van der Waals surface area contributed by atoms with Crippen molar-refractivity contribution in [2.24, 2.45) is 0 Å². The molecule has 1 rings (SSSR count). The summed E-state index contributed by atoms with van der Waals surface area (Å²) in [6.45, 7) is 0.605. The van der Waals surface area contributed by atoms with E-state index in [1.807, 2.05) is 0 Å². The number of methoxy groups -OCH3 is 1. The van der Waals surface area contributed by atoms with Gasteiger partial charge in [0.2, 0.25) is 0 Å². The topological polar surface area (TPSA) is 47.6 Å². The fraction of sp³-hybridized carbons (Fsp3) is 0.364. The first-order chi connectivity index (χ1) is 8.13. The van der Waals surface area contributed by atoms with E-state index in [-0.39, 0.29) is 18.3 Å². The Morgan fingerprint density at radius 3 is 3.00 bits per heavy atom. The summed E-state index contributed by atoms with van der Waals surface area (Å²) in [5.74, 6) is -0.777. The third-order valence-electron chi connectivity index (χ3n) is 1.88. The van der Waals surface area contributed by atoms with Crippen molar-refractivity contribution >= 4 is 21.8 Å². The first kappa shape index (κ1) is 13.9. The van der Waals surface area contributed by atoms with Crippen LogP contribution in [0, 0.1) is 5.82 Å². The number of hydrogen-bond donors (Lipinski definition) is 1. The molecular formula is C11H13BrFNO3. The number of nitrogens with one attached hydrogen (secondary N) is 1. The average molecular weight is 306 g/mol.